The highest BCUT2D eigenvalue weighted by atomic mass is 16.6. The lowest BCUT2D eigenvalue weighted by Crippen LogP contribution is -2.37. The highest BCUT2D eigenvalue weighted by Gasteiger charge is 2.45. The molecule has 2 unspecified atom stereocenters. The summed E-state index contributed by atoms with van der Waals surface area (Å²) in [6.07, 6.45) is 2.28. The number of aliphatic imine (C=N–C) groups is 2. The lowest BCUT2D eigenvalue weighted by molar-refractivity contribution is -0.385. The van der Waals surface area contributed by atoms with Crippen LogP contribution in [0.5, 0.6) is 0 Å². The first-order valence-electron chi connectivity index (χ1n) is 11.2. The maximum absolute atomic E-state index is 13.1. The third-order valence-corrected chi connectivity index (χ3v) is 5.28. The van der Waals surface area contributed by atoms with E-state index >= 15 is 0 Å². The van der Waals surface area contributed by atoms with Gasteiger partial charge in [-0.05, 0) is 47.8 Å². The van der Waals surface area contributed by atoms with E-state index < -0.39 is 28.7 Å². The second-order valence-corrected chi connectivity index (χ2v) is 7.99. The number of esters is 2. The van der Waals surface area contributed by atoms with Gasteiger partial charge in [0.05, 0.1) is 29.4 Å². The molecule has 1 aromatic rings. The zero-order valence-electron chi connectivity index (χ0n) is 20.3. The molecule has 2 rings (SSSR count). The Hall–Kier alpha value is -3.40. The predicted molar refractivity (Wildman–Crippen MR) is 129 cm³/mol. The summed E-state index contributed by atoms with van der Waals surface area (Å²) >= 11 is 0. The summed E-state index contributed by atoms with van der Waals surface area (Å²) < 4.78 is 10.5. The molecule has 0 aliphatic carbocycles. The average molecular weight is 473 g/mol. The predicted octanol–water partition coefficient (Wildman–Crippen LogP) is 3.17. The van der Waals surface area contributed by atoms with Crippen LogP contribution in [0, 0.1) is 16.0 Å². The van der Waals surface area contributed by atoms with E-state index in [-0.39, 0.29) is 35.7 Å². The van der Waals surface area contributed by atoms with Gasteiger partial charge in [0.15, 0.2) is 0 Å². The van der Waals surface area contributed by atoms with Crippen LogP contribution in [0.1, 0.15) is 38.7 Å². The van der Waals surface area contributed by atoms with Gasteiger partial charge in [-0.25, -0.2) is 4.79 Å². The van der Waals surface area contributed by atoms with Gasteiger partial charge in [0, 0.05) is 36.0 Å². The second-order valence-electron chi connectivity index (χ2n) is 7.99. The van der Waals surface area contributed by atoms with Gasteiger partial charge in [-0.3, -0.25) is 24.9 Å². The first kappa shape index (κ1) is 26.8. The molecule has 0 aromatic heterocycles. The van der Waals surface area contributed by atoms with Gasteiger partial charge in [0.2, 0.25) is 0 Å². The van der Waals surface area contributed by atoms with Gasteiger partial charge in [0.25, 0.3) is 5.69 Å². The molecule has 0 spiro atoms. The molecule has 0 amide bonds. The van der Waals surface area contributed by atoms with E-state index in [1.807, 2.05) is 19.0 Å². The quantitative estimate of drug-likeness (QED) is 0.159. The smallest absolute Gasteiger partial charge is 0.336 e. The summed E-state index contributed by atoms with van der Waals surface area (Å²) in [4.78, 5) is 48.4. The van der Waals surface area contributed by atoms with Crippen LogP contribution < -0.4 is 0 Å². The Morgan fingerprint density at radius 3 is 2.50 bits per heavy atom. The number of hydrogen-bond donors (Lipinski definition) is 0. The number of para-hydroxylation sites is 1. The minimum absolute atomic E-state index is 0.0520. The van der Waals surface area contributed by atoms with Crippen LogP contribution in [0.3, 0.4) is 0 Å². The first-order valence-corrected chi connectivity index (χ1v) is 11.2. The maximum atomic E-state index is 13.1. The molecule has 184 valence electrons. The zero-order valence-corrected chi connectivity index (χ0v) is 20.3. The molecule has 10 nitrogen and oxygen atoms in total. The van der Waals surface area contributed by atoms with Crippen molar-refractivity contribution in [2.75, 3.05) is 40.4 Å². The fourth-order valence-corrected chi connectivity index (χ4v) is 3.85. The first-order chi connectivity index (χ1) is 16.2. The summed E-state index contributed by atoms with van der Waals surface area (Å²) in [6, 6.07) is 6.05. The number of allylic oxidation sites excluding steroid dienone is 1. The van der Waals surface area contributed by atoms with Crippen molar-refractivity contribution in [1.82, 2.24) is 4.90 Å². The molecule has 0 saturated carbocycles. The van der Waals surface area contributed by atoms with Crippen LogP contribution in [-0.4, -0.2) is 74.1 Å². The number of rotatable bonds is 11. The van der Waals surface area contributed by atoms with Crippen molar-refractivity contribution >= 4 is 29.6 Å². The lowest BCUT2D eigenvalue weighted by Gasteiger charge is -2.31. The fraction of sp³-hybridized carbons (Fsp3) is 0.500. The minimum atomic E-state index is -1.02. The molecular weight excluding hydrogens is 440 g/mol. The highest BCUT2D eigenvalue weighted by Crippen LogP contribution is 2.43. The van der Waals surface area contributed by atoms with Crippen LogP contribution in [0.15, 0.2) is 45.5 Å². The van der Waals surface area contributed by atoms with E-state index in [0.29, 0.717) is 12.3 Å². The van der Waals surface area contributed by atoms with Crippen LogP contribution in [0.25, 0.3) is 0 Å². The Morgan fingerprint density at radius 2 is 1.88 bits per heavy atom. The molecule has 0 bridgehead atoms. The van der Waals surface area contributed by atoms with E-state index in [1.165, 1.54) is 18.3 Å². The Bertz CT molecular complexity index is 999. The standard InChI is InChI=1S/C24H32N4O6/c1-6-33-23(29)20-16(3)26-18(15-25-13-10-14-27(4)5)22(24(30)34-7-2)21(20)17-11-8-9-12-19(17)28(31)32/h8-9,11-12,15,20-21H,6-7,10,13-14H2,1-5H3. The van der Waals surface area contributed by atoms with Gasteiger partial charge in [-0.2, -0.15) is 0 Å². The number of nitro groups is 1. The van der Waals surface area contributed by atoms with Crippen molar-refractivity contribution < 1.29 is 24.0 Å². The summed E-state index contributed by atoms with van der Waals surface area (Å²) in [6.45, 7) is 6.52. The molecule has 1 aromatic carbocycles. The number of benzene rings is 1. The molecule has 10 heteroatoms. The van der Waals surface area contributed by atoms with E-state index in [4.69, 9.17) is 9.47 Å². The average Bonchev–Trinajstić information content (AvgIpc) is 2.78. The normalized spacial score (nSPS) is 18.2. The van der Waals surface area contributed by atoms with Crippen LogP contribution >= 0.6 is 0 Å². The summed E-state index contributed by atoms with van der Waals surface area (Å²) in [5.74, 6) is -3.35. The summed E-state index contributed by atoms with van der Waals surface area (Å²) in [7, 11) is 3.93. The highest BCUT2D eigenvalue weighted by molar-refractivity contribution is 6.10. The van der Waals surface area contributed by atoms with Crippen molar-refractivity contribution in [3.8, 4) is 0 Å². The van der Waals surface area contributed by atoms with Crippen molar-refractivity contribution in [2.45, 2.75) is 33.1 Å². The Morgan fingerprint density at radius 1 is 1.21 bits per heavy atom. The summed E-state index contributed by atoms with van der Waals surface area (Å²) in [5, 5.41) is 11.8. The number of nitro benzene ring substituents is 1. The Kier molecular flexibility index (Phi) is 10.1. The lowest BCUT2D eigenvalue weighted by atomic mass is 9.75. The van der Waals surface area contributed by atoms with Crippen molar-refractivity contribution in [1.29, 1.82) is 0 Å². The van der Waals surface area contributed by atoms with Gasteiger partial charge >= 0.3 is 11.9 Å². The Balaban J connectivity index is 2.70. The third kappa shape index (κ3) is 6.57. The summed E-state index contributed by atoms with van der Waals surface area (Å²) in [5.41, 5.74) is 0.659. The van der Waals surface area contributed by atoms with Crippen molar-refractivity contribution in [3.63, 3.8) is 0 Å². The Labute approximate surface area is 199 Å². The van der Waals surface area contributed by atoms with Crippen LogP contribution in [0.2, 0.25) is 0 Å². The largest absolute Gasteiger partial charge is 0.465 e. The number of hydrogen-bond acceptors (Lipinski definition) is 9. The molecular formula is C24H32N4O6. The SMILES string of the molecule is CCOC(=O)C1=C(C=NCCCN(C)C)N=C(C)C(C(=O)OCC)C1c1ccccc1[N+](=O)[O-]. The van der Waals surface area contributed by atoms with Crippen molar-refractivity contribution in [2.24, 2.45) is 15.9 Å². The molecule has 1 aliphatic heterocycles. The second kappa shape index (κ2) is 12.7. The maximum Gasteiger partial charge on any atom is 0.336 e. The van der Waals surface area contributed by atoms with E-state index in [0.717, 1.165) is 13.0 Å². The van der Waals surface area contributed by atoms with Gasteiger partial charge in [0.1, 0.15) is 5.92 Å². The van der Waals surface area contributed by atoms with Gasteiger partial charge in [-0.15, -0.1) is 0 Å². The van der Waals surface area contributed by atoms with E-state index in [1.54, 1.807) is 32.9 Å². The molecule has 0 fully saturated rings. The topological polar surface area (TPSA) is 124 Å². The fourth-order valence-electron chi connectivity index (χ4n) is 3.85. The number of carbonyl (C=O) groups is 2. The number of carbonyl (C=O) groups excluding carboxylic acids is 2. The minimum Gasteiger partial charge on any atom is -0.465 e. The van der Waals surface area contributed by atoms with Crippen molar-refractivity contribution in [3.05, 3.63) is 51.2 Å². The molecule has 1 aliphatic rings. The molecule has 0 radical (unpaired) electrons. The molecule has 0 N–H and O–H groups in total. The molecule has 34 heavy (non-hydrogen) atoms. The van der Waals surface area contributed by atoms with Crippen LogP contribution in [-0.2, 0) is 19.1 Å². The van der Waals surface area contributed by atoms with E-state index in [9.17, 15) is 19.7 Å². The zero-order chi connectivity index (χ0) is 25.3. The van der Waals surface area contributed by atoms with Crippen LogP contribution in [0.4, 0.5) is 5.69 Å². The number of nitrogens with zero attached hydrogens (tertiary/aromatic N) is 4. The number of ether oxygens (including phenoxy) is 2. The molecule has 2 atom stereocenters. The third-order valence-electron chi connectivity index (χ3n) is 5.28. The van der Waals surface area contributed by atoms with Gasteiger partial charge < -0.3 is 14.4 Å². The van der Waals surface area contributed by atoms with E-state index in [2.05, 4.69) is 9.98 Å². The molecule has 0 saturated heterocycles. The monoisotopic (exact) mass is 472 g/mol. The molecule has 1 heterocycles. The van der Waals surface area contributed by atoms with Gasteiger partial charge in [-0.1, -0.05) is 18.2 Å².